The number of rotatable bonds is 6. The van der Waals surface area contributed by atoms with Gasteiger partial charge in [0, 0.05) is 54.1 Å². The maximum absolute atomic E-state index is 12.1. The second-order valence-electron chi connectivity index (χ2n) is 5.59. The average Bonchev–Trinajstić information content (AvgIpc) is 3.09. The van der Waals surface area contributed by atoms with Crippen LogP contribution < -0.4 is 0 Å². The fourth-order valence-corrected chi connectivity index (χ4v) is 2.33. The summed E-state index contributed by atoms with van der Waals surface area (Å²) in [5, 5.41) is 14.6. The van der Waals surface area contributed by atoms with Gasteiger partial charge in [-0.2, -0.15) is 0 Å². The normalized spacial score (nSPS) is 10.6. The van der Waals surface area contributed by atoms with Gasteiger partial charge in [0.2, 0.25) is 0 Å². The zero-order valence-corrected chi connectivity index (χ0v) is 13.5. The van der Waals surface area contributed by atoms with Gasteiger partial charge in [-0.3, -0.25) is 19.9 Å². The third kappa shape index (κ3) is 3.95. The van der Waals surface area contributed by atoms with Gasteiger partial charge < -0.3 is 4.52 Å². The Morgan fingerprint density at radius 1 is 1.20 bits per heavy atom. The number of aryl methyl sites for hydroxylation is 2. The van der Waals surface area contributed by atoms with E-state index in [1.165, 1.54) is 12.1 Å². The molecule has 126 valence electrons. The Morgan fingerprint density at radius 3 is 2.60 bits per heavy atom. The van der Waals surface area contributed by atoms with E-state index in [4.69, 9.17) is 4.52 Å². The van der Waals surface area contributed by atoms with Crippen LogP contribution >= 0.6 is 0 Å². The molecule has 25 heavy (non-hydrogen) atoms. The zero-order chi connectivity index (χ0) is 17.8. The van der Waals surface area contributed by atoms with Crippen molar-refractivity contribution in [3.63, 3.8) is 0 Å². The van der Waals surface area contributed by atoms with Crippen molar-refractivity contribution in [2.24, 2.45) is 0 Å². The molecule has 0 saturated carbocycles. The maximum Gasteiger partial charge on any atom is 0.269 e. The zero-order valence-electron chi connectivity index (χ0n) is 13.5. The maximum atomic E-state index is 12.1. The van der Waals surface area contributed by atoms with Crippen LogP contribution in [0.25, 0.3) is 11.3 Å². The van der Waals surface area contributed by atoms with Crippen LogP contribution in [0.5, 0.6) is 0 Å². The van der Waals surface area contributed by atoms with Crippen molar-refractivity contribution < 1.29 is 14.2 Å². The second kappa shape index (κ2) is 7.04. The van der Waals surface area contributed by atoms with Gasteiger partial charge in [0.1, 0.15) is 11.5 Å². The largest absolute Gasteiger partial charge is 0.361 e. The number of hydrogen-bond acceptors (Lipinski definition) is 6. The van der Waals surface area contributed by atoms with Crippen LogP contribution in [0, 0.1) is 17.0 Å². The Kier molecular flexibility index (Phi) is 4.65. The number of nitrogens with zero attached hydrogens (tertiary/aromatic N) is 3. The summed E-state index contributed by atoms with van der Waals surface area (Å²) in [7, 11) is 0. The molecule has 0 fully saturated rings. The van der Waals surface area contributed by atoms with Crippen molar-refractivity contribution in [1.82, 2.24) is 10.1 Å². The predicted octanol–water partition coefficient (Wildman–Crippen LogP) is 3.77. The lowest BCUT2D eigenvalue weighted by atomic mass is 10.1. The minimum Gasteiger partial charge on any atom is -0.361 e. The molecule has 3 rings (SSSR count). The van der Waals surface area contributed by atoms with E-state index < -0.39 is 4.92 Å². The smallest absolute Gasteiger partial charge is 0.269 e. The van der Waals surface area contributed by atoms with Crippen molar-refractivity contribution in [3.05, 3.63) is 75.8 Å². The number of aromatic nitrogens is 2. The first-order chi connectivity index (χ1) is 12.0. The van der Waals surface area contributed by atoms with Crippen LogP contribution in [0.4, 0.5) is 5.69 Å². The summed E-state index contributed by atoms with van der Waals surface area (Å²) in [5.74, 6) is 0.572. The molecule has 0 bridgehead atoms. The van der Waals surface area contributed by atoms with Crippen molar-refractivity contribution in [3.8, 4) is 11.3 Å². The number of nitro benzene ring substituents is 1. The molecule has 0 aliphatic rings. The molecule has 0 N–H and O–H groups in total. The molecule has 0 saturated heterocycles. The molecule has 0 aliphatic heterocycles. The van der Waals surface area contributed by atoms with Gasteiger partial charge in [-0.25, -0.2) is 0 Å². The fourth-order valence-electron chi connectivity index (χ4n) is 2.33. The van der Waals surface area contributed by atoms with Crippen LogP contribution in [-0.4, -0.2) is 20.8 Å². The highest BCUT2D eigenvalue weighted by molar-refractivity contribution is 5.95. The first-order valence-electron chi connectivity index (χ1n) is 7.69. The first kappa shape index (κ1) is 16.5. The molecule has 0 atom stereocenters. The summed E-state index contributed by atoms with van der Waals surface area (Å²) in [6.45, 7) is 1.86. The molecule has 3 aromatic rings. The summed E-state index contributed by atoms with van der Waals surface area (Å²) < 4.78 is 5.25. The van der Waals surface area contributed by atoms with Crippen LogP contribution in [-0.2, 0) is 6.42 Å². The van der Waals surface area contributed by atoms with E-state index in [0.717, 1.165) is 11.3 Å². The van der Waals surface area contributed by atoms with Crippen molar-refractivity contribution in [1.29, 1.82) is 0 Å². The highest BCUT2D eigenvalue weighted by atomic mass is 16.6. The van der Waals surface area contributed by atoms with Crippen LogP contribution in [0.15, 0.2) is 53.2 Å². The van der Waals surface area contributed by atoms with E-state index in [9.17, 15) is 14.9 Å². The minimum atomic E-state index is -0.455. The fraction of sp³-hybridized carbons (Fsp3) is 0.167. The minimum absolute atomic E-state index is 0.0132. The molecule has 7 nitrogen and oxygen atoms in total. The molecule has 2 aromatic heterocycles. The monoisotopic (exact) mass is 337 g/mol. The number of non-ortho nitro benzene ring substituents is 1. The van der Waals surface area contributed by atoms with E-state index in [1.54, 1.807) is 36.5 Å². The molecular weight excluding hydrogens is 322 g/mol. The number of nitro groups is 1. The molecule has 1 aromatic carbocycles. The molecule has 7 heteroatoms. The molecule has 0 aliphatic carbocycles. The lowest BCUT2D eigenvalue weighted by Gasteiger charge is -1.99. The van der Waals surface area contributed by atoms with E-state index in [1.807, 2.05) is 6.92 Å². The number of benzene rings is 1. The van der Waals surface area contributed by atoms with E-state index in [-0.39, 0.29) is 11.5 Å². The molecule has 0 radical (unpaired) electrons. The summed E-state index contributed by atoms with van der Waals surface area (Å²) in [4.78, 5) is 26.5. The number of Topliss-reactive ketones (excluding diaryl/α,β-unsaturated/α-hetero) is 1. The summed E-state index contributed by atoms with van der Waals surface area (Å²) in [6.07, 6.45) is 2.28. The SMILES string of the molecule is Cc1ccc(C(=O)CCc2cc(-c3ccc([N+](=O)[O-])cc3)no2)cn1. The third-order valence-electron chi connectivity index (χ3n) is 3.76. The number of hydrogen-bond donors (Lipinski definition) is 0. The Balaban J connectivity index is 1.64. The number of pyridine rings is 1. The second-order valence-corrected chi connectivity index (χ2v) is 5.59. The van der Waals surface area contributed by atoms with Crippen LogP contribution in [0.1, 0.15) is 28.2 Å². The highest BCUT2D eigenvalue weighted by Crippen LogP contribution is 2.22. The predicted molar refractivity (Wildman–Crippen MR) is 90.2 cm³/mol. The number of ketones is 1. The number of carbonyl (C=O) groups is 1. The van der Waals surface area contributed by atoms with Crippen molar-refractivity contribution >= 4 is 11.5 Å². The van der Waals surface area contributed by atoms with Gasteiger partial charge in [-0.15, -0.1) is 0 Å². The van der Waals surface area contributed by atoms with Crippen molar-refractivity contribution in [2.45, 2.75) is 19.8 Å². The quantitative estimate of drug-likeness (QED) is 0.386. The molecule has 0 unspecified atom stereocenters. The van der Waals surface area contributed by atoms with Crippen LogP contribution in [0.2, 0.25) is 0 Å². The summed E-state index contributed by atoms with van der Waals surface area (Å²) in [6, 6.07) is 11.4. The van der Waals surface area contributed by atoms with Gasteiger partial charge in [-0.1, -0.05) is 5.16 Å². The van der Waals surface area contributed by atoms with Crippen LogP contribution in [0.3, 0.4) is 0 Å². The van der Waals surface area contributed by atoms with Gasteiger partial charge >= 0.3 is 0 Å². The lowest BCUT2D eigenvalue weighted by Crippen LogP contribution is -2.01. The Bertz CT molecular complexity index is 899. The molecule has 0 amide bonds. The highest BCUT2D eigenvalue weighted by Gasteiger charge is 2.12. The van der Waals surface area contributed by atoms with E-state index in [2.05, 4.69) is 10.1 Å². The van der Waals surface area contributed by atoms with E-state index >= 15 is 0 Å². The van der Waals surface area contributed by atoms with Gasteiger partial charge in [0.05, 0.1) is 4.92 Å². The topological polar surface area (TPSA) is 99.1 Å². The first-order valence-corrected chi connectivity index (χ1v) is 7.69. The van der Waals surface area contributed by atoms with Gasteiger partial charge in [-0.05, 0) is 31.2 Å². The third-order valence-corrected chi connectivity index (χ3v) is 3.76. The summed E-state index contributed by atoms with van der Waals surface area (Å²) in [5.41, 5.74) is 2.74. The number of carbonyl (C=O) groups excluding carboxylic acids is 1. The standard InChI is InChI=1S/C18H15N3O4/c1-12-2-3-14(11-19-12)18(22)9-8-16-10-17(20-25-16)13-4-6-15(7-5-13)21(23)24/h2-7,10-11H,8-9H2,1H3. The Labute approximate surface area is 143 Å². The Hall–Kier alpha value is -3.35. The molecular formula is C18H15N3O4. The van der Waals surface area contributed by atoms with Gasteiger partial charge in [0.25, 0.3) is 5.69 Å². The van der Waals surface area contributed by atoms with Crippen molar-refractivity contribution in [2.75, 3.05) is 0 Å². The Morgan fingerprint density at radius 2 is 1.96 bits per heavy atom. The summed E-state index contributed by atoms with van der Waals surface area (Å²) >= 11 is 0. The lowest BCUT2D eigenvalue weighted by molar-refractivity contribution is -0.384. The van der Waals surface area contributed by atoms with Gasteiger partial charge in [0.15, 0.2) is 5.78 Å². The molecule has 0 spiro atoms. The molecule has 2 heterocycles. The average molecular weight is 337 g/mol. The van der Waals surface area contributed by atoms with E-state index in [0.29, 0.717) is 29.9 Å².